The molecule has 0 aliphatic heterocycles. The molecule has 3 aromatic rings. The Kier molecular flexibility index (Phi) is 5.05. The molecule has 27 heavy (non-hydrogen) atoms. The maximum absolute atomic E-state index is 13.1. The summed E-state index contributed by atoms with van der Waals surface area (Å²) < 4.78 is 1.77. The van der Waals surface area contributed by atoms with E-state index in [0.717, 1.165) is 35.3 Å². The number of carbonyl (C=O) groups is 1. The van der Waals surface area contributed by atoms with E-state index in [1.807, 2.05) is 61.5 Å². The highest BCUT2D eigenvalue weighted by Gasteiger charge is 2.21. The normalized spacial score (nSPS) is 14.9. The van der Waals surface area contributed by atoms with Crippen LogP contribution >= 0.6 is 0 Å². The third kappa shape index (κ3) is 3.95. The van der Waals surface area contributed by atoms with Gasteiger partial charge in [-0.05, 0) is 43.5 Å². The fraction of sp³-hybridized carbons (Fsp3) is 0.304. The van der Waals surface area contributed by atoms with Crippen molar-refractivity contribution in [2.75, 3.05) is 0 Å². The van der Waals surface area contributed by atoms with Gasteiger partial charge in [-0.15, -0.1) is 0 Å². The lowest BCUT2D eigenvalue weighted by Gasteiger charge is -2.22. The average molecular weight is 359 g/mol. The van der Waals surface area contributed by atoms with Gasteiger partial charge in [-0.3, -0.25) is 4.79 Å². The summed E-state index contributed by atoms with van der Waals surface area (Å²) in [5, 5.41) is 7.99. The van der Waals surface area contributed by atoms with Crippen molar-refractivity contribution in [3.8, 4) is 16.9 Å². The van der Waals surface area contributed by atoms with Crippen molar-refractivity contribution in [1.82, 2.24) is 15.1 Å². The molecule has 1 N–H and O–H groups in total. The van der Waals surface area contributed by atoms with Crippen LogP contribution in [0, 0.1) is 6.92 Å². The Balaban J connectivity index is 1.71. The van der Waals surface area contributed by atoms with E-state index in [0.29, 0.717) is 5.69 Å². The number of aromatic nitrogens is 2. The van der Waals surface area contributed by atoms with Gasteiger partial charge in [0.2, 0.25) is 0 Å². The molecule has 0 radical (unpaired) electrons. The lowest BCUT2D eigenvalue weighted by Crippen LogP contribution is -2.37. The van der Waals surface area contributed by atoms with E-state index < -0.39 is 0 Å². The summed E-state index contributed by atoms with van der Waals surface area (Å²) in [6.07, 6.45) is 5.78. The minimum Gasteiger partial charge on any atom is -0.348 e. The van der Waals surface area contributed by atoms with Gasteiger partial charge < -0.3 is 5.32 Å². The summed E-state index contributed by atoms with van der Waals surface area (Å²) in [6.45, 7) is 2.05. The lowest BCUT2D eigenvalue weighted by atomic mass is 9.95. The molecule has 138 valence electrons. The molecule has 0 bridgehead atoms. The van der Waals surface area contributed by atoms with Crippen LogP contribution in [0.3, 0.4) is 0 Å². The maximum atomic E-state index is 13.1. The first-order valence-corrected chi connectivity index (χ1v) is 9.74. The van der Waals surface area contributed by atoms with E-state index in [1.165, 1.54) is 19.3 Å². The predicted octanol–water partition coefficient (Wildman–Crippen LogP) is 4.91. The molecule has 1 heterocycles. The van der Waals surface area contributed by atoms with Crippen LogP contribution in [-0.2, 0) is 0 Å². The molecule has 0 saturated heterocycles. The smallest absolute Gasteiger partial charge is 0.270 e. The van der Waals surface area contributed by atoms with E-state index in [1.54, 1.807) is 4.68 Å². The second kappa shape index (κ2) is 7.78. The van der Waals surface area contributed by atoms with Crippen molar-refractivity contribution < 1.29 is 4.79 Å². The van der Waals surface area contributed by atoms with Crippen molar-refractivity contribution in [2.45, 2.75) is 45.1 Å². The average Bonchev–Trinajstić information content (AvgIpc) is 3.15. The third-order valence-electron chi connectivity index (χ3n) is 5.20. The van der Waals surface area contributed by atoms with Gasteiger partial charge in [0.05, 0.1) is 11.4 Å². The third-order valence-corrected chi connectivity index (χ3v) is 5.20. The summed E-state index contributed by atoms with van der Waals surface area (Å²) >= 11 is 0. The summed E-state index contributed by atoms with van der Waals surface area (Å²) in [6, 6.07) is 20.3. The van der Waals surface area contributed by atoms with Crippen molar-refractivity contribution >= 4 is 5.91 Å². The zero-order chi connectivity index (χ0) is 18.6. The van der Waals surface area contributed by atoms with Crippen molar-refractivity contribution in [2.24, 2.45) is 0 Å². The molecule has 1 aromatic heterocycles. The van der Waals surface area contributed by atoms with E-state index >= 15 is 0 Å². The van der Waals surface area contributed by atoms with Gasteiger partial charge in [-0.1, -0.05) is 61.7 Å². The molecule has 1 fully saturated rings. The Hall–Kier alpha value is -2.88. The molecule has 1 aliphatic rings. The highest BCUT2D eigenvalue weighted by Crippen LogP contribution is 2.23. The van der Waals surface area contributed by atoms with Crippen molar-refractivity contribution in [1.29, 1.82) is 0 Å². The van der Waals surface area contributed by atoms with Crippen molar-refractivity contribution in [3.63, 3.8) is 0 Å². The molecule has 1 aliphatic carbocycles. The Morgan fingerprint density at radius 3 is 2.52 bits per heavy atom. The monoisotopic (exact) mass is 359 g/mol. The summed E-state index contributed by atoms with van der Waals surface area (Å²) in [7, 11) is 0. The summed E-state index contributed by atoms with van der Waals surface area (Å²) in [5.41, 5.74) is 4.46. The van der Waals surface area contributed by atoms with E-state index in [4.69, 9.17) is 5.10 Å². The largest absolute Gasteiger partial charge is 0.348 e. The topological polar surface area (TPSA) is 46.9 Å². The summed E-state index contributed by atoms with van der Waals surface area (Å²) in [4.78, 5) is 13.1. The van der Waals surface area contributed by atoms with Gasteiger partial charge in [0, 0.05) is 11.6 Å². The first-order chi connectivity index (χ1) is 13.2. The van der Waals surface area contributed by atoms with E-state index in [2.05, 4.69) is 11.4 Å². The fourth-order valence-electron chi connectivity index (χ4n) is 3.76. The molecule has 4 nitrogen and oxygen atoms in total. The number of rotatable bonds is 4. The minimum atomic E-state index is -0.0434. The molecular formula is C23H25N3O. The fourth-order valence-corrected chi connectivity index (χ4v) is 3.76. The van der Waals surface area contributed by atoms with Crippen LogP contribution in [0.2, 0.25) is 0 Å². The lowest BCUT2D eigenvalue weighted by molar-refractivity contribution is 0.0920. The number of carbonyl (C=O) groups excluding carboxylic acids is 1. The van der Waals surface area contributed by atoms with Crippen molar-refractivity contribution in [3.05, 3.63) is 71.9 Å². The SMILES string of the molecule is Cc1cccc(-n2nc(-c3ccccc3)cc2C(=O)NC2CCCCC2)c1. The van der Waals surface area contributed by atoms with Crippen LogP contribution in [0.15, 0.2) is 60.7 Å². The number of nitrogens with one attached hydrogen (secondary N) is 1. The Bertz CT molecular complexity index is 924. The minimum absolute atomic E-state index is 0.0434. The van der Waals surface area contributed by atoms with Gasteiger partial charge >= 0.3 is 0 Å². The molecular weight excluding hydrogens is 334 g/mol. The van der Waals surface area contributed by atoms with Crippen LogP contribution in [0.4, 0.5) is 0 Å². The zero-order valence-electron chi connectivity index (χ0n) is 15.7. The predicted molar refractivity (Wildman–Crippen MR) is 108 cm³/mol. The first kappa shape index (κ1) is 17.5. The zero-order valence-corrected chi connectivity index (χ0v) is 15.7. The standard InChI is InChI=1S/C23H25N3O/c1-17-9-8-14-20(15-17)26-22(23(27)24-19-12-6-3-7-13-19)16-21(25-26)18-10-4-2-5-11-18/h2,4-5,8-11,14-16,19H,3,6-7,12-13H2,1H3,(H,24,27). The van der Waals surface area contributed by atoms with Gasteiger partial charge in [0.15, 0.2) is 0 Å². The van der Waals surface area contributed by atoms with Crippen LogP contribution < -0.4 is 5.32 Å². The van der Waals surface area contributed by atoms with Gasteiger partial charge in [0.1, 0.15) is 5.69 Å². The number of aryl methyl sites for hydroxylation is 1. The summed E-state index contributed by atoms with van der Waals surface area (Å²) in [5.74, 6) is -0.0434. The van der Waals surface area contributed by atoms with Crippen LogP contribution in [0.5, 0.6) is 0 Å². The second-order valence-corrected chi connectivity index (χ2v) is 7.34. The Labute approximate surface area is 160 Å². The molecule has 0 unspecified atom stereocenters. The van der Waals surface area contributed by atoms with Gasteiger partial charge in [-0.2, -0.15) is 5.10 Å². The van der Waals surface area contributed by atoms with E-state index in [9.17, 15) is 4.79 Å². The molecule has 2 aromatic carbocycles. The number of amides is 1. The molecule has 1 saturated carbocycles. The first-order valence-electron chi connectivity index (χ1n) is 9.74. The number of hydrogen-bond acceptors (Lipinski definition) is 2. The number of hydrogen-bond donors (Lipinski definition) is 1. The molecule has 1 amide bonds. The molecule has 4 rings (SSSR count). The molecule has 0 spiro atoms. The highest BCUT2D eigenvalue weighted by molar-refractivity contribution is 5.94. The molecule has 4 heteroatoms. The molecule has 0 atom stereocenters. The van der Waals surface area contributed by atoms with E-state index in [-0.39, 0.29) is 11.9 Å². The highest BCUT2D eigenvalue weighted by atomic mass is 16.2. The van der Waals surface area contributed by atoms with Gasteiger partial charge in [0.25, 0.3) is 5.91 Å². The van der Waals surface area contributed by atoms with Crippen LogP contribution in [-0.4, -0.2) is 21.7 Å². The van der Waals surface area contributed by atoms with Crippen LogP contribution in [0.25, 0.3) is 16.9 Å². The number of nitrogens with zero attached hydrogens (tertiary/aromatic N) is 2. The van der Waals surface area contributed by atoms with Gasteiger partial charge in [-0.25, -0.2) is 4.68 Å². The quantitative estimate of drug-likeness (QED) is 0.719. The Morgan fingerprint density at radius 1 is 1.00 bits per heavy atom. The Morgan fingerprint density at radius 2 is 1.78 bits per heavy atom. The number of benzene rings is 2. The van der Waals surface area contributed by atoms with Crippen LogP contribution in [0.1, 0.15) is 48.2 Å². The second-order valence-electron chi connectivity index (χ2n) is 7.34. The maximum Gasteiger partial charge on any atom is 0.270 e.